The maximum Gasteiger partial charge on any atom is 0.315 e. The highest BCUT2D eigenvalue weighted by Crippen LogP contribution is 2.49. The largest absolute Gasteiger partial charge is 0.336 e. The lowest BCUT2D eigenvalue weighted by atomic mass is 9.84. The maximum atomic E-state index is 11.8. The van der Waals surface area contributed by atoms with Crippen molar-refractivity contribution in [3.63, 3.8) is 0 Å². The van der Waals surface area contributed by atoms with Crippen molar-refractivity contribution in [3.05, 3.63) is 0 Å². The minimum Gasteiger partial charge on any atom is -0.336 e. The van der Waals surface area contributed by atoms with E-state index in [0.29, 0.717) is 6.04 Å². The van der Waals surface area contributed by atoms with Gasteiger partial charge in [-0.1, -0.05) is 13.3 Å². The molecule has 98 valence electrons. The average Bonchev–Trinajstić information content (AvgIpc) is 2.90. The van der Waals surface area contributed by atoms with Crippen LogP contribution in [0.1, 0.15) is 52.9 Å². The topological polar surface area (TPSA) is 41.1 Å². The number of amides is 2. The molecular weight excluding hydrogens is 212 g/mol. The summed E-state index contributed by atoms with van der Waals surface area (Å²) in [6.45, 7) is 6.30. The second-order valence-corrected chi connectivity index (χ2v) is 6.05. The Bertz CT molecular complexity index is 279. The van der Waals surface area contributed by atoms with Crippen molar-refractivity contribution in [2.24, 2.45) is 17.8 Å². The van der Waals surface area contributed by atoms with Gasteiger partial charge in [0.15, 0.2) is 0 Å². The Morgan fingerprint density at radius 1 is 1.24 bits per heavy atom. The molecule has 0 saturated heterocycles. The molecule has 2 N–H and O–H groups in total. The number of hydrogen-bond acceptors (Lipinski definition) is 1. The second kappa shape index (κ2) is 5.28. The first kappa shape index (κ1) is 12.7. The SMILES string of the molecule is CC[C@H](C)NC(=O)N[C@H](C)[C@@H]1C[C@@H]2CC[C@@H]1C2. The first-order valence-corrected chi connectivity index (χ1v) is 7.17. The Morgan fingerprint density at radius 2 is 2.00 bits per heavy atom. The van der Waals surface area contributed by atoms with Crippen molar-refractivity contribution < 1.29 is 4.79 Å². The molecule has 5 atom stereocenters. The van der Waals surface area contributed by atoms with Crippen LogP contribution in [-0.4, -0.2) is 18.1 Å². The number of nitrogens with one attached hydrogen (secondary N) is 2. The predicted octanol–water partition coefficient (Wildman–Crippen LogP) is 2.91. The summed E-state index contributed by atoms with van der Waals surface area (Å²) in [6, 6.07) is 0.603. The quantitative estimate of drug-likeness (QED) is 0.777. The van der Waals surface area contributed by atoms with Crippen LogP contribution in [0.25, 0.3) is 0 Å². The van der Waals surface area contributed by atoms with Crippen LogP contribution in [0, 0.1) is 17.8 Å². The van der Waals surface area contributed by atoms with E-state index in [1.807, 2.05) is 6.92 Å². The van der Waals surface area contributed by atoms with Gasteiger partial charge in [-0.25, -0.2) is 4.79 Å². The van der Waals surface area contributed by atoms with Crippen molar-refractivity contribution in [1.29, 1.82) is 0 Å². The summed E-state index contributed by atoms with van der Waals surface area (Å²) in [6.07, 6.45) is 6.52. The number of fused-ring (bicyclic) bond motifs is 2. The summed E-state index contributed by atoms with van der Waals surface area (Å²) in [5.41, 5.74) is 0. The van der Waals surface area contributed by atoms with Crippen molar-refractivity contribution in [2.45, 2.75) is 65.0 Å². The predicted molar refractivity (Wildman–Crippen MR) is 69.8 cm³/mol. The smallest absolute Gasteiger partial charge is 0.315 e. The van der Waals surface area contributed by atoms with E-state index in [-0.39, 0.29) is 12.1 Å². The van der Waals surface area contributed by atoms with Crippen LogP contribution in [0.5, 0.6) is 0 Å². The summed E-state index contributed by atoms with van der Waals surface area (Å²) < 4.78 is 0. The molecule has 2 rings (SSSR count). The van der Waals surface area contributed by atoms with Crippen LogP contribution in [0.2, 0.25) is 0 Å². The second-order valence-electron chi connectivity index (χ2n) is 6.05. The fourth-order valence-corrected chi connectivity index (χ4v) is 3.59. The number of carbonyl (C=O) groups excluding carboxylic acids is 1. The summed E-state index contributed by atoms with van der Waals surface area (Å²) in [5, 5.41) is 6.10. The molecule has 0 heterocycles. The van der Waals surface area contributed by atoms with Crippen molar-refractivity contribution in [1.82, 2.24) is 10.6 Å². The van der Waals surface area contributed by atoms with Gasteiger partial charge in [0.05, 0.1) is 0 Å². The van der Waals surface area contributed by atoms with Crippen molar-refractivity contribution >= 4 is 6.03 Å². The van der Waals surface area contributed by atoms with E-state index >= 15 is 0 Å². The molecule has 2 bridgehead atoms. The molecular formula is C14H26N2O. The molecule has 0 aliphatic heterocycles. The first-order valence-electron chi connectivity index (χ1n) is 7.17. The Labute approximate surface area is 105 Å². The summed E-state index contributed by atoms with van der Waals surface area (Å²) in [7, 11) is 0. The molecule has 0 unspecified atom stereocenters. The number of urea groups is 1. The standard InChI is InChI=1S/C14H26N2O/c1-4-9(2)15-14(17)16-10(3)13-8-11-5-6-12(13)7-11/h9-13H,4-8H2,1-3H3,(H2,15,16,17)/t9-,10+,11+,12+,13-/m0/s1. The van der Waals surface area contributed by atoms with Gasteiger partial charge in [0.25, 0.3) is 0 Å². The fraction of sp³-hybridized carbons (Fsp3) is 0.929. The van der Waals surface area contributed by atoms with Gasteiger partial charge in [0.2, 0.25) is 0 Å². The van der Waals surface area contributed by atoms with E-state index in [2.05, 4.69) is 24.5 Å². The Hall–Kier alpha value is -0.730. The third-order valence-corrected chi connectivity index (χ3v) is 4.78. The van der Waals surface area contributed by atoms with Gasteiger partial charge in [-0.3, -0.25) is 0 Å². The fourth-order valence-electron chi connectivity index (χ4n) is 3.59. The molecule has 0 aromatic heterocycles. The molecule has 2 aliphatic carbocycles. The van der Waals surface area contributed by atoms with E-state index < -0.39 is 0 Å². The molecule has 2 fully saturated rings. The molecule has 2 saturated carbocycles. The molecule has 3 nitrogen and oxygen atoms in total. The highest BCUT2D eigenvalue weighted by atomic mass is 16.2. The molecule has 0 spiro atoms. The summed E-state index contributed by atoms with van der Waals surface area (Å²) in [4.78, 5) is 11.8. The highest BCUT2D eigenvalue weighted by molar-refractivity contribution is 5.74. The normalized spacial score (nSPS) is 34.4. The Kier molecular flexibility index (Phi) is 3.95. The first-order chi connectivity index (χ1) is 8.10. The minimum absolute atomic E-state index is 0.00891. The number of hydrogen-bond donors (Lipinski definition) is 2. The van der Waals surface area contributed by atoms with Crippen LogP contribution in [-0.2, 0) is 0 Å². The van der Waals surface area contributed by atoms with Gasteiger partial charge in [-0.2, -0.15) is 0 Å². The third-order valence-electron chi connectivity index (χ3n) is 4.78. The van der Waals surface area contributed by atoms with Crippen molar-refractivity contribution in [3.8, 4) is 0 Å². The minimum atomic E-state index is 0.00891. The third kappa shape index (κ3) is 2.93. The number of rotatable bonds is 4. The molecule has 0 aromatic rings. The highest BCUT2D eigenvalue weighted by Gasteiger charge is 2.42. The van der Waals surface area contributed by atoms with Crippen LogP contribution >= 0.6 is 0 Å². The zero-order valence-corrected chi connectivity index (χ0v) is 11.3. The molecule has 2 amide bonds. The van der Waals surface area contributed by atoms with E-state index in [4.69, 9.17) is 0 Å². The van der Waals surface area contributed by atoms with Gasteiger partial charge in [0, 0.05) is 12.1 Å². The summed E-state index contributed by atoms with van der Waals surface area (Å²) >= 11 is 0. The Morgan fingerprint density at radius 3 is 2.53 bits per heavy atom. The molecule has 3 heteroatoms. The average molecular weight is 238 g/mol. The van der Waals surface area contributed by atoms with Crippen LogP contribution in [0.4, 0.5) is 4.79 Å². The maximum absolute atomic E-state index is 11.8. The van der Waals surface area contributed by atoms with Gasteiger partial charge >= 0.3 is 6.03 Å². The molecule has 2 aliphatic rings. The van der Waals surface area contributed by atoms with Gasteiger partial charge in [-0.05, 0) is 57.3 Å². The van der Waals surface area contributed by atoms with Gasteiger partial charge in [0.1, 0.15) is 0 Å². The lowest BCUT2D eigenvalue weighted by Gasteiger charge is -2.29. The van der Waals surface area contributed by atoms with E-state index in [1.165, 1.54) is 25.7 Å². The zero-order chi connectivity index (χ0) is 12.4. The molecule has 17 heavy (non-hydrogen) atoms. The van der Waals surface area contributed by atoms with E-state index in [1.54, 1.807) is 0 Å². The van der Waals surface area contributed by atoms with Gasteiger partial charge < -0.3 is 10.6 Å². The van der Waals surface area contributed by atoms with Gasteiger partial charge in [-0.15, -0.1) is 0 Å². The van der Waals surface area contributed by atoms with Crippen LogP contribution in [0.15, 0.2) is 0 Å². The lowest BCUT2D eigenvalue weighted by Crippen LogP contribution is -2.47. The Balaban J connectivity index is 1.77. The zero-order valence-electron chi connectivity index (χ0n) is 11.3. The van der Waals surface area contributed by atoms with Crippen LogP contribution in [0.3, 0.4) is 0 Å². The monoisotopic (exact) mass is 238 g/mol. The summed E-state index contributed by atoms with van der Waals surface area (Å²) in [5.74, 6) is 2.54. The number of carbonyl (C=O) groups is 1. The van der Waals surface area contributed by atoms with E-state index in [0.717, 1.165) is 24.2 Å². The molecule has 0 aromatic carbocycles. The van der Waals surface area contributed by atoms with Crippen LogP contribution < -0.4 is 10.6 Å². The van der Waals surface area contributed by atoms with E-state index in [9.17, 15) is 4.79 Å². The van der Waals surface area contributed by atoms with Crippen molar-refractivity contribution in [2.75, 3.05) is 0 Å². The molecule has 0 radical (unpaired) electrons. The lowest BCUT2D eigenvalue weighted by molar-refractivity contribution is 0.217.